The second-order valence-corrected chi connectivity index (χ2v) is 2.14. The second-order valence-electron chi connectivity index (χ2n) is 2.14. The molecule has 10 heavy (non-hydrogen) atoms. The summed E-state index contributed by atoms with van der Waals surface area (Å²) in [5.74, 6) is 0.209. The van der Waals surface area contributed by atoms with Gasteiger partial charge in [0, 0.05) is 0 Å². The second kappa shape index (κ2) is 3.61. The molecule has 1 aromatic rings. The normalized spacial score (nSPS) is 9.40. The number of hydrogen-bond acceptors (Lipinski definition) is 1. The molecule has 0 aromatic heterocycles. The summed E-state index contributed by atoms with van der Waals surface area (Å²) in [6.45, 7) is 0. The molecule has 0 bridgehead atoms. The van der Waals surface area contributed by atoms with Crippen molar-refractivity contribution in [1.82, 2.24) is 0 Å². The van der Waals surface area contributed by atoms with E-state index >= 15 is 0 Å². The first-order valence-corrected chi connectivity index (χ1v) is 3.43. The summed E-state index contributed by atoms with van der Waals surface area (Å²) in [5, 5.41) is 0.587. The SMILES string of the molecule is [Li][CH2]C(=O)c1ccccc1. The van der Waals surface area contributed by atoms with E-state index < -0.39 is 0 Å². The minimum atomic E-state index is 0.209. The van der Waals surface area contributed by atoms with Crippen LogP contribution in [0.2, 0.25) is 5.09 Å². The Kier molecular flexibility index (Phi) is 2.74. The zero-order valence-electron chi connectivity index (χ0n) is 6.00. The van der Waals surface area contributed by atoms with Gasteiger partial charge in [-0.1, -0.05) is 0 Å². The third-order valence-corrected chi connectivity index (χ3v) is 1.42. The van der Waals surface area contributed by atoms with Crippen molar-refractivity contribution < 1.29 is 4.79 Å². The van der Waals surface area contributed by atoms with Gasteiger partial charge in [-0.15, -0.1) is 0 Å². The van der Waals surface area contributed by atoms with E-state index in [1.54, 1.807) is 0 Å². The third kappa shape index (κ3) is 1.73. The molecule has 0 spiro atoms. The van der Waals surface area contributed by atoms with Crippen LogP contribution in [-0.4, -0.2) is 23.5 Å². The molecule has 0 radical (unpaired) electrons. The average Bonchev–Trinajstić information content (AvgIpc) is 2.05. The number of ketones is 1. The first kappa shape index (κ1) is 7.59. The molecule has 0 saturated heterocycles. The quantitative estimate of drug-likeness (QED) is 0.433. The average molecular weight is 126 g/mol. The van der Waals surface area contributed by atoms with Crippen molar-refractivity contribution in [2.75, 3.05) is 0 Å². The van der Waals surface area contributed by atoms with Crippen molar-refractivity contribution in [2.45, 2.75) is 5.09 Å². The van der Waals surface area contributed by atoms with Crippen molar-refractivity contribution in [1.29, 1.82) is 0 Å². The molecule has 0 N–H and O–H groups in total. The van der Waals surface area contributed by atoms with E-state index in [4.69, 9.17) is 0 Å². The standard InChI is InChI=1S/C8H7O.Li/c1-7(9)8-5-3-2-4-6-8;/h2-6H,1H2;. The molecule has 0 amide bonds. The summed E-state index contributed by atoms with van der Waals surface area (Å²) >= 11 is 1.87. The third-order valence-electron chi connectivity index (χ3n) is 1.42. The molecule has 2 heteroatoms. The molecule has 0 heterocycles. The molecule has 0 aliphatic heterocycles. The topological polar surface area (TPSA) is 17.1 Å². The zero-order valence-corrected chi connectivity index (χ0v) is 6.00. The van der Waals surface area contributed by atoms with Crippen LogP contribution in [0.5, 0.6) is 0 Å². The Bertz CT molecular complexity index is 218. The molecular weight excluding hydrogens is 119 g/mol. The first-order chi connectivity index (χ1) is 4.84. The fourth-order valence-electron chi connectivity index (χ4n) is 0.828. The van der Waals surface area contributed by atoms with Gasteiger partial charge in [-0.2, -0.15) is 0 Å². The van der Waals surface area contributed by atoms with Crippen LogP contribution in [-0.2, 0) is 0 Å². The molecule has 1 nitrogen and oxygen atoms in total. The van der Waals surface area contributed by atoms with Crippen LogP contribution in [0.4, 0.5) is 0 Å². The van der Waals surface area contributed by atoms with E-state index in [9.17, 15) is 4.79 Å². The Hall–Kier alpha value is -0.513. The van der Waals surface area contributed by atoms with Gasteiger partial charge in [0.25, 0.3) is 0 Å². The predicted octanol–water partition coefficient (Wildman–Crippen LogP) is 1.46. The number of benzene rings is 1. The molecule has 1 aromatic carbocycles. The van der Waals surface area contributed by atoms with Gasteiger partial charge >= 0.3 is 69.3 Å². The van der Waals surface area contributed by atoms with E-state index in [1.165, 1.54) is 0 Å². The summed E-state index contributed by atoms with van der Waals surface area (Å²) in [5.41, 5.74) is 0.810. The molecule has 0 aliphatic carbocycles. The van der Waals surface area contributed by atoms with Gasteiger partial charge in [-0.05, 0) is 0 Å². The van der Waals surface area contributed by atoms with Gasteiger partial charge in [0.05, 0.1) is 0 Å². The maximum absolute atomic E-state index is 11.0. The first-order valence-electron chi connectivity index (χ1n) is 3.43. The summed E-state index contributed by atoms with van der Waals surface area (Å²) < 4.78 is 0. The minimum absolute atomic E-state index is 0.209. The monoisotopic (exact) mass is 126 g/mol. The van der Waals surface area contributed by atoms with Gasteiger partial charge < -0.3 is 0 Å². The molecule has 0 atom stereocenters. The Balaban J connectivity index is 2.85. The van der Waals surface area contributed by atoms with Gasteiger partial charge in [0.2, 0.25) is 0 Å². The van der Waals surface area contributed by atoms with Crippen LogP contribution in [0.15, 0.2) is 30.3 Å². The predicted molar refractivity (Wildman–Crippen MR) is 41.3 cm³/mol. The van der Waals surface area contributed by atoms with Crippen molar-refractivity contribution in [3.05, 3.63) is 35.9 Å². The molecule has 0 fully saturated rings. The zero-order chi connectivity index (χ0) is 7.40. The van der Waals surface area contributed by atoms with E-state index in [-0.39, 0.29) is 5.78 Å². The van der Waals surface area contributed by atoms with Gasteiger partial charge in [-0.3, -0.25) is 0 Å². The maximum atomic E-state index is 11.0. The Morgan fingerprint density at radius 2 is 1.90 bits per heavy atom. The molecule has 0 saturated carbocycles. The van der Waals surface area contributed by atoms with Crippen LogP contribution in [0, 0.1) is 0 Å². The van der Waals surface area contributed by atoms with Crippen LogP contribution < -0.4 is 0 Å². The summed E-state index contributed by atoms with van der Waals surface area (Å²) in [6.07, 6.45) is 0. The Morgan fingerprint density at radius 3 is 2.40 bits per heavy atom. The summed E-state index contributed by atoms with van der Waals surface area (Å²) in [7, 11) is 0. The number of hydrogen-bond donors (Lipinski definition) is 0. The Labute approximate surface area is 69.6 Å². The van der Waals surface area contributed by atoms with Crippen molar-refractivity contribution >= 4 is 23.5 Å². The van der Waals surface area contributed by atoms with E-state index in [2.05, 4.69) is 0 Å². The van der Waals surface area contributed by atoms with Crippen LogP contribution in [0.1, 0.15) is 10.4 Å². The fourth-order valence-corrected chi connectivity index (χ4v) is 0.828. The van der Waals surface area contributed by atoms with E-state index in [0.717, 1.165) is 5.56 Å². The van der Waals surface area contributed by atoms with Gasteiger partial charge in [-0.25, -0.2) is 0 Å². The number of carbonyl (C=O) groups excluding carboxylic acids is 1. The number of Topliss-reactive ketones (excluding diaryl/α,β-unsaturated/α-hetero) is 1. The molecule has 0 aliphatic rings. The van der Waals surface area contributed by atoms with Crippen molar-refractivity contribution in [3.8, 4) is 0 Å². The van der Waals surface area contributed by atoms with Gasteiger partial charge in [0.15, 0.2) is 0 Å². The molecular formula is C8H7LiO. The van der Waals surface area contributed by atoms with E-state index in [0.29, 0.717) is 5.09 Å². The van der Waals surface area contributed by atoms with E-state index in [1.807, 2.05) is 48.0 Å². The van der Waals surface area contributed by atoms with Crippen LogP contribution in [0.25, 0.3) is 0 Å². The van der Waals surface area contributed by atoms with Gasteiger partial charge in [0.1, 0.15) is 0 Å². The Morgan fingerprint density at radius 1 is 1.30 bits per heavy atom. The van der Waals surface area contributed by atoms with Crippen molar-refractivity contribution in [2.24, 2.45) is 0 Å². The van der Waals surface area contributed by atoms with Crippen LogP contribution >= 0.6 is 0 Å². The number of rotatable bonds is 2. The van der Waals surface area contributed by atoms with Crippen LogP contribution in [0.3, 0.4) is 0 Å². The molecule has 0 unspecified atom stereocenters. The molecule has 1 rings (SSSR count). The van der Waals surface area contributed by atoms with Crippen molar-refractivity contribution in [3.63, 3.8) is 0 Å². The summed E-state index contributed by atoms with van der Waals surface area (Å²) in [6, 6.07) is 9.34. The summed E-state index contributed by atoms with van der Waals surface area (Å²) in [4.78, 5) is 11.0. The fraction of sp³-hybridized carbons (Fsp3) is 0.125. The number of carbonyl (C=O) groups is 1. The molecule has 46 valence electrons.